The molecule has 1 aromatic rings. The van der Waals surface area contributed by atoms with Gasteiger partial charge < -0.3 is 10.7 Å². The van der Waals surface area contributed by atoms with Gasteiger partial charge in [-0.25, -0.2) is 4.98 Å². The molecule has 0 aliphatic carbocycles. The van der Waals surface area contributed by atoms with Gasteiger partial charge in [0.15, 0.2) is 5.16 Å². The van der Waals surface area contributed by atoms with Crippen LogP contribution in [0.2, 0.25) is 0 Å². The molecular weight excluding hydrogens is 210 g/mol. The van der Waals surface area contributed by atoms with Gasteiger partial charge in [0.05, 0.1) is 0 Å². The first-order valence-electron chi connectivity index (χ1n) is 5.03. The van der Waals surface area contributed by atoms with E-state index in [-0.39, 0.29) is 16.9 Å². The third kappa shape index (κ3) is 3.68. The van der Waals surface area contributed by atoms with Crippen molar-refractivity contribution in [3.05, 3.63) is 22.1 Å². The van der Waals surface area contributed by atoms with Gasteiger partial charge in [0, 0.05) is 23.1 Å². The minimum atomic E-state index is -0.109. The molecular formula is C10H17N3OS. The van der Waals surface area contributed by atoms with Crippen molar-refractivity contribution in [3.63, 3.8) is 0 Å². The molecule has 15 heavy (non-hydrogen) atoms. The van der Waals surface area contributed by atoms with Gasteiger partial charge in [-0.3, -0.25) is 4.79 Å². The molecule has 0 saturated heterocycles. The molecule has 1 heterocycles. The first kappa shape index (κ1) is 12.3. The Morgan fingerprint density at radius 1 is 1.67 bits per heavy atom. The first-order valence-corrected chi connectivity index (χ1v) is 5.91. The lowest BCUT2D eigenvalue weighted by Crippen LogP contribution is -2.29. The van der Waals surface area contributed by atoms with Crippen molar-refractivity contribution in [1.82, 2.24) is 9.97 Å². The predicted octanol–water partition coefficient (Wildman–Crippen LogP) is 1.30. The number of hydrogen-bond donors (Lipinski definition) is 2. The largest absolute Gasteiger partial charge is 0.327 e. The Kier molecular flexibility index (Phi) is 4.35. The molecule has 1 aromatic heterocycles. The Balaban J connectivity index is 2.76. The van der Waals surface area contributed by atoms with Gasteiger partial charge in [-0.2, -0.15) is 0 Å². The Morgan fingerprint density at radius 2 is 2.33 bits per heavy atom. The van der Waals surface area contributed by atoms with E-state index in [9.17, 15) is 4.79 Å². The van der Waals surface area contributed by atoms with Gasteiger partial charge in [-0.05, 0) is 13.3 Å². The number of nitrogens with two attached hydrogens (primary N) is 1. The minimum absolute atomic E-state index is 0.109. The number of nitrogens with zero attached hydrogens (tertiary/aromatic N) is 1. The predicted molar refractivity (Wildman–Crippen MR) is 63.2 cm³/mol. The third-order valence-corrected chi connectivity index (χ3v) is 3.36. The molecule has 4 nitrogen and oxygen atoms in total. The number of H-pyrrole nitrogens is 1. The molecule has 0 aromatic carbocycles. The van der Waals surface area contributed by atoms with Crippen LogP contribution < -0.4 is 11.3 Å². The molecule has 2 unspecified atom stereocenters. The number of nitrogens with one attached hydrogen (secondary N) is 1. The zero-order valence-corrected chi connectivity index (χ0v) is 10.1. The van der Waals surface area contributed by atoms with E-state index in [1.807, 2.05) is 20.8 Å². The Labute approximate surface area is 93.7 Å². The van der Waals surface area contributed by atoms with E-state index < -0.39 is 0 Å². The van der Waals surface area contributed by atoms with Gasteiger partial charge in [0.25, 0.3) is 5.56 Å². The summed E-state index contributed by atoms with van der Waals surface area (Å²) in [6.45, 7) is 5.90. The second-order valence-corrected chi connectivity index (χ2v) is 4.95. The molecule has 0 aliphatic heterocycles. The van der Waals surface area contributed by atoms with Crippen molar-refractivity contribution in [2.45, 2.75) is 43.6 Å². The molecule has 0 aliphatic rings. The average molecular weight is 227 g/mol. The molecule has 84 valence electrons. The van der Waals surface area contributed by atoms with E-state index in [0.29, 0.717) is 5.16 Å². The molecule has 0 amide bonds. The van der Waals surface area contributed by atoms with Gasteiger partial charge in [-0.1, -0.05) is 25.6 Å². The SMILES string of the molecule is CCC(N)C(C)Sc1nc(C)cc(=O)[nH]1. The van der Waals surface area contributed by atoms with Crippen molar-refractivity contribution >= 4 is 11.8 Å². The van der Waals surface area contributed by atoms with Crippen LogP contribution in [0.3, 0.4) is 0 Å². The molecule has 0 spiro atoms. The highest BCUT2D eigenvalue weighted by Gasteiger charge is 2.13. The van der Waals surface area contributed by atoms with Crippen LogP contribution in [-0.2, 0) is 0 Å². The molecule has 0 fully saturated rings. The maximum atomic E-state index is 11.2. The number of rotatable bonds is 4. The van der Waals surface area contributed by atoms with Gasteiger partial charge >= 0.3 is 0 Å². The standard InChI is InChI=1S/C10H17N3OS/c1-4-8(11)7(3)15-10-12-6(2)5-9(14)13-10/h5,7-8H,4,11H2,1-3H3,(H,12,13,14). The second kappa shape index (κ2) is 5.32. The summed E-state index contributed by atoms with van der Waals surface area (Å²) in [6.07, 6.45) is 0.921. The fraction of sp³-hybridized carbons (Fsp3) is 0.600. The topological polar surface area (TPSA) is 71.8 Å². The van der Waals surface area contributed by atoms with Crippen LogP contribution >= 0.6 is 11.8 Å². The van der Waals surface area contributed by atoms with Gasteiger partial charge in [0.2, 0.25) is 0 Å². The van der Waals surface area contributed by atoms with Crippen molar-refractivity contribution in [2.24, 2.45) is 5.73 Å². The van der Waals surface area contributed by atoms with E-state index in [1.54, 1.807) is 0 Å². The lowest BCUT2D eigenvalue weighted by Gasteiger charge is -2.16. The van der Waals surface area contributed by atoms with E-state index in [4.69, 9.17) is 5.73 Å². The Morgan fingerprint density at radius 3 is 2.87 bits per heavy atom. The minimum Gasteiger partial charge on any atom is -0.327 e. The lowest BCUT2D eigenvalue weighted by molar-refractivity contribution is 0.640. The summed E-state index contributed by atoms with van der Waals surface area (Å²) in [5, 5.41) is 0.899. The summed E-state index contributed by atoms with van der Waals surface area (Å²) in [4.78, 5) is 18.1. The van der Waals surface area contributed by atoms with Crippen LogP contribution in [0.15, 0.2) is 16.0 Å². The van der Waals surface area contributed by atoms with E-state index in [1.165, 1.54) is 17.8 Å². The van der Waals surface area contributed by atoms with Crippen LogP contribution in [0.4, 0.5) is 0 Å². The average Bonchev–Trinajstić information content (AvgIpc) is 2.14. The zero-order chi connectivity index (χ0) is 11.4. The van der Waals surface area contributed by atoms with E-state index in [2.05, 4.69) is 9.97 Å². The third-order valence-electron chi connectivity index (χ3n) is 2.22. The van der Waals surface area contributed by atoms with Crippen molar-refractivity contribution in [1.29, 1.82) is 0 Å². The summed E-state index contributed by atoms with van der Waals surface area (Å²) >= 11 is 1.51. The number of aryl methyl sites for hydroxylation is 1. The molecule has 0 bridgehead atoms. The van der Waals surface area contributed by atoms with Crippen molar-refractivity contribution < 1.29 is 0 Å². The van der Waals surface area contributed by atoms with Crippen LogP contribution in [-0.4, -0.2) is 21.3 Å². The highest BCUT2D eigenvalue weighted by atomic mass is 32.2. The van der Waals surface area contributed by atoms with Gasteiger partial charge in [-0.15, -0.1) is 0 Å². The Hall–Kier alpha value is -0.810. The highest BCUT2D eigenvalue weighted by Crippen LogP contribution is 2.21. The van der Waals surface area contributed by atoms with E-state index in [0.717, 1.165) is 12.1 Å². The molecule has 0 radical (unpaired) electrons. The fourth-order valence-corrected chi connectivity index (χ4v) is 2.28. The van der Waals surface area contributed by atoms with Crippen LogP contribution in [0.5, 0.6) is 0 Å². The summed E-state index contributed by atoms with van der Waals surface area (Å²) in [7, 11) is 0. The molecule has 0 saturated carbocycles. The lowest BCUT2D eigenvalue weighted by atomic mass is 10.2. The maximum absolute atomic E-state index is 11.2. The normalized spacial score (nSPS) is 14.9. The molecule has 3 N–H and O–H groups in total. The summed E-state index contributed by atoms with van der Waals surface area (Å²) < 4.78 is 0. The summed E-state index contributed by atoms with van der Waals surface area (Å²) in [5.74, 6) is 0. The number of aromatic nitrogens is 2. The smallest absolute Gasteiger partial charge is 0.251 e. The molecule has 5 heteroatoms. The maximum Gasteiger partial charge on any atom is 0.251 e. The molecule has 1 rings (SSSR count). The van der Waals surface area contributed by atoms with Crippen molar-refractivity contribution in [3.8, 4) is 0 Å². The van der Waals surface area contributed by atoms with Crippen LogP contribution in [0.25, 0.3) is 0 Å². The second-order valence-electron chi connectivity index (χ2n) is 3.59. The summed E-state index contributed by atoms with van der Waals surface area (Å²) in [6, 6.07) is 1.61. The van der Waals surface area contributed by atoms with Gasteiger partial charge in [0.1, 0.15) is 0 Å². The van der Waals surface area contributed by atoms with Crippen LogP contribution in [0, 0.1) is 6.92 Å². The summed E-state index contributed by atoms with van der Waals surface area (Å²) in [5.41, 5.74) is 6.53. The highest BCUT2D eigenvalue weighted by molar-refractivity contribution is 7.99. The van der Waals surface area contributed by atoms with Crippen LogP contribution in [0.1, 0.15) is 26.0 Å². The fourth-order valence-electron chi connectivity index (χ4n) is 1.20. The molecule has 2 atom stereocenters. The monoisotopic (exact) mass is 227 g/mol. The number of thioether (sulfide) groups is 1. The number of hydrogen-bond acceptors (Lipinski definition) is 4. The zero-order valence-electron chi connectivity index (χ0n) is 9.28. The Bertz CT molecular complexity index is 377. The van der Waals surface area contributed by atoms with Crippen molar-refractivity contribution in [2.75, 3.05) is 0 Å². The quantitative estimate of drug-likeness (QED) is 0.600. The van der Waals surface area contributed by atoms with E-state index >= 15 is 0 Å². The number of aromatic amines is 1. The first-order chi connectivity index (χ1) is 7.02.